The molecule has 0 amide bonds. The molecule has 1 aliphatic heterocycles. The molecule has 0 fully saturated rings. The second-order valence-corrected chi connectivity index (χ2v) is 14.9. The predicted octanol–water partition coefficient (Wildman–Crippen LogP) is 13.1. The van der Waals surface area contributed by atoms with Crippen molar-refractivity contribution in [3.05, 3.63) is 192 Å². The third-order valence-electron chi connectivity index (χ3n) is 11.8. The van der Waals surface area contributed by atoms with Gasteiger partial charge in [-0.25, -0.2) is 0 Å². The molecule has 0 saturated heterocycles. The van der Waals surface area contributed by atoms with E-state index in [1.807, 2.05) is 0 Å². The fourth-order valence-corrected chi connectivity index (χ4v) is 9.19. The Hall–Kier alpha value is -5.99. The van der Waals surface area contributed by atoms with Gasteiger partial charge < -0.3 is 4.42 Å². The van der Waals surface area contributed by atoms with Crippen LogP contribution in [0.2, 0.25) is 0 Å². The van der Waals surface area contributed by atoms with Gasteiger partial charge in [-0.15, -0.1) is 0 Å². The Morgan fingerprint density at radius 3 is 1.94 bits per heavy atom. The Balaban J connectivity index is 1.21. The smallest absolute Gasteiger partial charge is 0.134 e. The normalized spacial score (nSPS) is 18.1. The van der Waals surface area contributed by atoms with Crippen LogP contribution in [0.3, 0.4) is 0 Å². The predicted molar refractivity (Wildman–Crippen MR) is 221 cm³/mol. The van der Waals surface area contributed by atoms with E-state index in [0.29, 0.717) is 5.92 Å². The lowest BCUT2D eigenvalue weighted by Crippen LogP contribution is -2.28. The van der Waals surface area contributed by atoms with Crippen LogP contribution in [-0.2, 0) is 12.8 Å². The number of aliphatic imine (C=N–C) groups is 1. The highest BCUT2D eigenvalue weighted by atomic mass is 16.3. The number of hydrogen-bond donors (Lipinski definition) is 0. The summed E-state index contributed by atoms with van der Waals surface area (Å²) in [6, 6.07) is 60.0. The van der Waals surface area contributed by atoms with Crippen LogP contribution < -0.4 is 0 Å². The van der Waals surface area contributed by atoms with E-state index in [-0.39, 0.29) is 12.0 Å². The monoisotopic (exact) mass is 683 g/mol. The maximum absolute atomic E-state index is 6.83. The van der Waals surface area contributed by atoms with Gasteiger partial charge in [0, 0.05) is 28.9 Å². The quantitative estimate of drug-likeness (QED) is 0.177. The summed E-state index contributed by atoms with van der Waals surface area (Å²) in [6.45, 7) is 2.34. The Kier molecular flexibility index (Phi) is 7.90. The van der Waals surface area contributed by atoms with Crippen molar-refractivity contribution < 1.29 is 4.42 Å². The van der Waals surface area contributed by atoms with E-state index in [4.69, 9.17) is 9.41 Å². The van der Waals surface area contributed by atoms with E-state index in [0.717, 1.165) is 59.3 Å². The van der Waals surface area contributed by atoms with Crippen molar-refractivity contribution >= 4 is 27.5 Å². The molecule has 2 heteroatoms. The van der Waals surface area contributed by atoms with Crippen molar-refractivity contribution in [1.82, 2.24) is 0 Å². The molecule has 0 spiro atoms. The highest BCUT2D eigenvalue weighted by molar-refractivity contribution is 6.21. The largest absolute Gasteiger partial charge is 0.460 e. The van der Waals surface area contributed by atoms with Crippen LogP contribution in [0.15, 0.2) is 173 Å². The van der Waals surface area contributed by atoms with Gasteiger partial charge in [0.05, 0.1) is 11.8 Å². The second-order valence-electron chi connectivity index (χ2n) is 14.9. The van der Waals surface area contributed by atoms with Crippen molar-refractivity contribution in [2.75, 3.05) is 0 Å². The number of nitrogens with zero attached hydrogens (tertiary/aromatic N) is 1. The maximum Gasteiger partial charge on any atom is 0.134 e. The first-order valence-corrected chi connectivity index (χ1v) is 19.2. The van der Waals surface area contributed by atoms with Crippen LogP contribution in [0.4, 0.5) is 0 Å². The molecule has 8 aromatic rings. The van der Waals surface area contributed by atoms with E-state index < -0.39 is 0 Å². The standard InChI is InChI=1S/C51H41NO/c1-2-33-32-48-49(45-23-13-14-24-47(45)53-48)51(41-29-39(34-15-5-3-6-16-34)28-40(30-41)35-17-7-4-8-18-35)52-50(33)44-26-25-38-27-36-19-9-10-20-37(36)31-46(38)43-22-12-11-21-42(43)44/h3-24,27-31,33,44,50H,2,25-26,32H2,1H3. The van der Waals surface area contributed by atoms with Crippen LogP contribution >= 0.6 is 0 Å². The van der Waals surface area contributed by atoms with Gasteiger partial charge in [0.2, 0.25) is 0 Å². The van der Waals surface area contributed by atoms with Gasteiger partial charge >= 0.3 is 0 Å². The molecule has 10 rings (SSSR count). The third kappa shape index (κ3) is 5.61. The van der Waals surface area contributed by atoms with Crippen LogP contribution in [0.1, 0.15) is 53.7 Å². The minimum Gasteiger partial charge on any atom is -0.460 e. The maximum atomic E-state index is 6.83. The van der Waals surface area contributed by atoms with Crippen molar-refractivity contribution in [3.63, 3.8) is 0 Å². The van der Waals surface area contributed by atoms with Crippen LogP contribution in [0.5, 0.6) is 0 Å². The molecule has 2 nitrogen and oxygen atoms in total. The van der Waals surface area contributed by atoms with Gasteiger partial charge in [0.15, 0.2) is 0 Å². The van der Waals surface area contributed by atoms with Crippen LogP contribution in [0, 0.1) is 5.92 Å². The second kappa shape index (κ2) is 13.2. The number of aryl methyl sites for hydroxylation is 1. The molecule has 1 aromatic heterocycles. The summed E-state index contributed by atoms with van der Waals surface area (Å²) in [6.07, 6.45) is 3.94. The zero-order valence-corrected chi connectivity index (χ0v) is 30.0. The average molecular weight is 684 g/mol. The highest BCUT2D eigenvalue weighted by Crippen LogP contribution is 2.46. The number of hydrogen-bond acceptors (Lipinski definition) is 2. The molecular formula is C51H41NO. The summed E-state index contributed by atoms with van der Waals surface area (Å²) in [4.78, 5) is 6.07. The van der Waals surface area contributed by atoms with Crippen molar-refractivity contribution in [2.24, 2.45) is 10.9 Å². The van der Waals surface area contributed by atoms with E-state index in [2.05, 4.69) is 171 Å². The van der Waals surface area contributed by atoms with E-state index in [1.54, 1.807) is 0 Å². The van der Waals surface area contributed by atoms with E-state index in [9.17, 15) is 0 Å². The van der Waals surface area contributed by atoms with Gasteiger partial charge in [0.1, 0.15) is 11.3 Å². The third-order valence-corrected chi connectivity index (χ3v) is 11.8. The summed E-state index contributed by atoms with van der Waals surface area (Å²) < 4.78 is 6.83. The first-order valence-electron chi connectivity index (χ1n) is 19.2. The molecule has 0 N–H and O–H groups in total. The van der Waals surface area contributed by atoms with Gasteiger partial charge in [-0.3, -0.25) is 4.99 Å². The fraction of sp³-hybridized carbons (Fsp3) is 0.157. The Labute approximate surface area is 311 Å². The number of para-hydroxylation sites is 1. The highest BCUT2D eigenvalue weighted by Gasteiger charge is 2.38. The molecule has 3 unspecified atom stereocenters. The molecular weight excluding hydrogens is 643 g/mol. The summed E-state index contributed by atoms with van der Waals surface area (Å²) in [5, 5.41) is 3.75. The molecule has 1 aliphatic carbocycles. The zero-order valence-electron chi connectivity index (χ0n) is 30.0. The summed E-state index contributed by atoms with van der Waals surface area (Å²) in [7, 11) is 0. The molecule has 2 heterocycles. The van der Waals surface area contributed by atoms with Crippen molar-refractivity contribution in [3.8, 4) is 33.4 Å². The Bertz CT molecular complexity index is 2590. The van der Waals surface area contributed by atoms with E-state index in [1.165, 1.54) is 55.3 Å². The molecule has 0 radical (unpaired) electrons. The lowest BCUT2D eigenvalue weighted by Gasteiger charge is -2.30. The molecule has 7 aromatic carbocycles. The number of furan rings is 1. The van der Waals surface area contributed by atoms with Gasteiger partial charge in [-0.1, -0.05) is 147 Å². The fourth-order valence-electron chi connectivity index (χ4n) is 9.19. The number of rotatable bonds is 5. The Morgan fingerprint density at radius 1 is 0.585 bits per heavy atom. The summed E-state index contributed by atoms with van der Waals surface area (Å²) >= 11 is 0. The lowest BCUT2D eigenvalue weighted by molar-refractivity contribution is 0.332. The SMILES string of the molecule is CCC1Cc2oc3ccccc3c2C(c2cc(-c3ccccc3)cc(-c3ccccc3)c2)=NC1C1CCc2cc3ccccc3cc2-c2ccccc21. The summed E-state index contributed by atoms with van der Waals surface area (Å²) in [5.41, 5.74) is 14.6. The molecule has 0 saturated carbocycles. The minimum absolute atomic E-state index is 0.0711. The van der Waals surface area contributed by atoms with Gasteiger partial charge in [0.25, 0.3) is 0 Å². The number of fused-ring (bicyclic) bond motifs is 7. The molecule has 256 valence electrons. The Morgan fingerprint density at radius 2 is 1.21 bits per heavy atom. The topological polar surface area (TPSA) is 25.5 Å². The van der Waals surface area contributed by atoms with Gasteiger partial charge in [-0.2, -0.15) is 0 Å². The van der Waals surface area contributed by atoms with Crippen molar-refractivity contribution in [2.45, 2.75) is 44.6 Å². The molecule has 2 aliphatic rings. The van der Waals surface area contributed by atoms with Crippen LogP contribution in [-0.4, -0.2) is 11.8 Å². The number of benzene rings is 7. The minimum atomic E-state index is 0.0711. The van der Waals surface area contributed by atoms with E-state index >= 15 is 0 Å². The summed E-state index contributed by atoms with van der Waals surface area (Å²) in [5.74, 6) is 1.63. The van der Waals surface area contributed by atoms with Gasteiger partial charge in [-0.05, 0) is 104 Å². The molecule has 53 heavy (non-hydrogen) atoms. The average Bonchev–Trinajstić information content (AvgIpc) is 3.40. The zero-order chi connectivity index (χ0) is 35.3. The molecule has 0 bridgehead atoms. The van der Waals surface area contributed by atoms with Crippen molar-refractivity contribution in [1.29, 1.82) is 0 Å². The van der Waals surface area contributed by atoms with Crippen LogP contribution in [0.25, 0.3) is 55.1 Å². The first kappa shape index (κ1) is 31.7. The molecule has 3 atom stereocenters. The lowest BCUT2D eigenvalue weighted by atomic mass is 9.78. The first-order chi connectivity index (χ1) is 26.2.